The predicted octanol–water partition coefficient (Wildman–Crippen LogP) is 1.83. The number of esters is 1. The van der Waals surface area contributed by atoms with E-state index in [-0.39, 0.29) is 44.4 Å². The SMILES string of the molecule is Cc1ccc(C(=O)OCC(=O)N2CCN(S(=O)(=O)Cc3ccccc3)CC2)cc1. The van der Waals surface area contributed by atoms with Gasteiger partial charge in [-0.3, -0.25) is 4.79 Å². The molecule has 7 nitrogen and oxygen atoms in total. The maximum atomic E-state index is 12.6. The molecular formula is C21H24N2O5S. The van der Waals surface area contributed by atoms with Crippen LogP contribution in [0.3, 0.4) is 0 Å². The molecule has 1 amide bonds. The maximum Gasteiger partial charge on any atom is 0.338 e. The Kier molecular flexibility index (Phi) is 6.66. The lowest BCUT2D eigenvalue weighted by molar-refractivity contribution is -0.135. The highest BCUT2D eigenvalue weighted by molar-refractivity contribution is 7.88. The third-order valence-electron chi connectivity index (χ3n) is 4.79. The van der Waals surface area contributed by atoms with Gasteiger partial charge in [0.2, 0.25) is 10.0 Å². The Morgan fingerprint density at radius 3 is 2.17 bits per heavy atom. The van der Waals surface area contributed by atoms with Crippen molar-refractivity contribution in [2.24, 2.45) is 0 Å². The molecule has 8 heteroatoms. The molecule has 1 heterocycles. The Morgan fingerprint density at radius 1 is 0.931 bits per heavy atom. The zero-order valence-corrected chi connectivity index (χ0v) is 17.1. The Bertz CT molecular complexity index is 950. The van der Waals surface area contributed by atoms with E-state index >= 15 is 0 Å². The van der Waals surface area contributed by atoms with E-state index in [1.807, 2.05) is 13.0 Å². The van der Waals surface area contributed by atoms with Crippen molar-refractivity contribution in [3.63, 3.8) is 0 Å². The molecule has 0 atom stereocenters. The first kappa shape index (κ1) is 21.0. The zero-order chi connectivity index (χ0) is 20.9. The van der Waals surface area contributed by atoms with Gasteiger partial charge in [-0.1, -0.05) is 48.0 Å². The van der Waals surface area contributed by atoms with Gasteiger partial charge in [0.05, 0.1) is 11.3 Å². The molecule has 0 aromatic heterocycles. The maximum absolute atomic E-state index is 12.6. The van der Waals surface area contributed by atoms with E-state index in [2.05, 4.69) is 0 Å². The van der Waals surface area contributed by atoms with Crippen LogP contribution in [0.1, 0.15) is 21.5 Å². The van der Waals surface area contributed by atoms with Gasteiger partial charge in [-0.2, -0.15) is 4.31 Å². The van der Waals surface area contributed by atoms with E-state index < -0.39 is 16.0 Å². The lowest BCUT2D eigenvalue weighted by Crippen LogP contribution is -2.51. The first-order valence-electron chi connectivity index (χ1n) is 9.38. The van der Waals surface area contributed by atoms with Crippen LogP contribution in [-0.2, 0) is 25.3 Å². The van der Waals surface area contributed by atoms with Gasteiger partial charge in [0.1, 0.15) is 0 Å². The molecule has 3 rings (SSSR count). The van der Waals surface area contributed by atoms with Crippen LogP contribution in [0.5, 0.6) is 0 Å². The number of hydrogen-bond donors (Lipinski definition) is 0. The second-order valence-electron chi connectivity index (χ2n) is 6.96. The summed E-state index contributed by atoms with van der Waals surface area (Å²) in [5.74, 6) is -0.941. The molecule has 0 bridgehead atoms. The lowest BCUT2D eigenvalue weighted by atomic mass is 10.1. The molecule has 2 aromatic rings. The van der Waals surface area contributed by atoms with Crippen LogP contribution in [0.15, 0.2) is 54.6 Å². The van der Waals surface area contributed by atoms with E-state index in [9.17, 15) is 18.0 Å². The fourth-order valence-electron chi connectivity index (χ4n) is 3.08. The predicted molar refractivity (Wildman–Crippen MR) is 109 cm³/mol. The largest absolute Gasteiger partial charge is 0.452 e. The molecule has 0 N–H and O–H groups in total. The normalized spacial score (nSPS) is 15.1. The van der Waals surface area contributed by atoms with Gasteiger partial charge < -0.3 is 9.64 Å². The smallest absolute Gasteiger partial charge is 0.338 e. The first-order chi connectivity index (χ1) is 13.8. The average Bonchev–Trinajstić information content (AvgIpc) is 2.73. The molecule has 1 aliphatic rings. The molecule has 0 radical (unpaired) electrons. The number of sulfonamides is 1. The van der Waals surface area contributed by atoms with Gasteiger partial charge >= 0.3 is 5.97 Å². The molecule has 1 saturated heterocycles. The lowest BCUT2D eigenvalue weighted by Gasteiger charge is -2.33. The van der Waals surface area contributed by atoms with Crippen LogP contribution in [0.2, 0.25) is 0 Å². The topological polar surface area (TPSA) is 84.0 Å². The van der Waals surface area contributed by atoms with Crippen LogP contribution in [0, 0.1) is 6.92 Å². The van der Waals surface area contributed by atoms with Gasteiger partial charge in [-0.15, -0.1) is 0 Å². The van der Waals surface area contributed by atoms with Gasteiger partial charge in [0.15, 0.2) is 6.61 Å². The van der Waals surface area contributed by atoms with Crippen molar-refractivity contribution in [1.82, 2.24) is 9.21 Å². The molecule has 154 valence electrons. The number of nitrogens with zero attached hydrogens (tertiary/aromatic N) is 2. The van der Waals surface area contributed by atoms with Gasteiger partial charge in [-0.25, -0.2) is 13.2 Å². The van der Waals surface area contributed by atoms with E-state index in [0.717, 1.165) is 11.1 Å². The Balaban J connectivity index is 1.47. The van der Waals surface area contributed by atoms with Crippen molar-refractivity contribution in [2.75, 3.05) is 32.8 Å². The van der Waals surface area contributed by atoms with Crippen LogP contribution >= 0.6 is 0 Å². The zero-order valence-electron chi connectivity index (χ0n) is 16.3. The van der Waals surface area contributed by atoms with Crippen molar-refractivity contribution < 1.29 is 22.7 Å². The fraction of sp³-hybridized carbons (Fsp3) is 0.333. The summed E-state index contributed by atoms with van der Waals surface area (Å²) in [6.45, 7) is 2.56. The molecule has 1 fully saturated rings. The van der Waals surface area contributed by atoms with Crippen molar-refractivity contribution >= 4 is 21.9 Å². The standard InChI is InChI=1S/C21H24N2O5S/c1-17-7-9-19(10-8-17)21(25)28-15-20(24)22-11-13-23(14-12-22)29(26,27)16-18-5-3-2-4-6-18/h2-10H,11-16H2,1H3. The summed E-state index contributed by atoms with van der Waals surface area (Å²) >= 11 is 0. The van der Waals surface area contributed by atoms with Crippen molar-refractivity contribution in [1.29, 1.82) is 0 Å². The summed E-state index contributed by atoms with van der Waals surface area (Å²) in [6.07, 6.45) is 0. The molecule has 2 aromatic carbocycles. The number of aryl methyl sites for hydroxylation is 1. The van der Waals surface area contributed by atoms with Crippen molar-refractivity contribution in [3.8, 4) is 0 Å². The minimum atomic E-state index is -3.44. The third kappa shape index (κ3) is 5.65. The minimum Gasteiger partial charge on any atom is -0.452 e. The number of carbonyl (C=O) groups excluding carboxylic acids is 2. The Morgan fingerprint density at radius 2 is 1.55 bits per heavy atom. The first-order valence-corrected chi connectivity index (χ1v) is 11.0. The number of carbonyl (C=O) groups is 2. The van der Waals surface area contributed by atoms with Crippen molar-refractivity contribution in [3.05, 3.63) is 71.3 Å². The molecule has 0 spiro atoms. The highest BCUT2D eigenvalue weighted by atomic mass is 32.2. The van der Waals surface area contributed by atoms with Crippen LogP contribution < -0.4 is 0 Å². The monoisotopic (exact) mass is 416 g/mol. The molecular weight excluding hydrogens is 392 g/mol. The highest BCUT2D eigenvalue weighted by Crippen LogP contribution is 2.14. The van der Waals surface area contributed by atoms with E-state index in [4.69, 9.17) is 4.74 Å². The second kappa shape index (κ2) is 9.19. The van der Waals surface area contributed by atoms with Crippen LogP contribution in [0.4, 0.5) is 0 Å². The Hall–Kier alpha value is -2.71. The molecule has 0 unspecified atom stereocenters. The summed E-state index contributed by atoms with van der Waals surface area (Å²) in [4.78, 5) is 25.9. The highest BCUT2D eigenvalue weighted by Gasteiger charge is 2.29. The molecule has 1 aliphatic heterocycles. The Labute approximate surface area is 170 Å². The van der Waals surface area contributed by atoms with Gasteiger partial charge in [0, 0.05) is 26.2 Å². The van der Waals surface area contributed by atoms with Gasteiger partial charge in [0.25, 0.3) is 5.91 Å². The molecule has 29 heavy (non-hydrogen) atoms. The minimum absolute atomic E-state index is 0.0596. The summed E-state index contributed by atoms with van der Waals surface area (Å²) in [5.41, 5.74) is 2.15. The van der Waals surface area contributed by atoms with Crippen molar-refractivity contribution in [2.45, 2.75) is 12.7 Å². The number of amides is 1. The number of rotatable bonds is 6. The van der Waals surface area contributed by atoms with Crippen LogP contribution in [-0.4, -0.2) is 62.3 Å². The van der Waals surface area contributed by atoms with E-state index in [0.29, 0.717) is 5.56 Å². The molecule has 0 aliphatic carbocycles. The number of hydrogen-bond acceptors (Lipinski definition) is 5. The summed E-state index contributed by atoms with van der Waals surface area (Å²) in [7, 11) is -3.44. The number of ether oxygens (including phenoxy) is 1. The quantitative estimate of drug-likeness (QED) is 0.671. The number of piperazine rings is 1. The molecule has 0 saturated carbocycles. The van der Waals surface area contributed by atoms with E-state index in [1.54, 1.807) is 48.5 Å². The van der Waals surface area contributed by atoms with Crippen LogP contribution in [0.25, 0.3) is 0 Å². The second-order valence-corrected chi connectivity index (χ2v) is 8.93. The summed E-state index contributed by atoms with van der Waals surface area (Å²) in [5, 5.41) is 0. The van der Waals surface area contributed by atoms with Gasteiger partial charge in [-0.05, 0) is 24.6 Å². The average molecular weight is 416 g/mol. The summed E-state index contributed by atoms with van der Waals surface area (Å²) < 4.78 is 31.7. The fourth-order valence-corrected chi connectivity index (χ4v) is 4.60. The summed E-state index contributed by atoms with van der Waals surface area (Å²) in [6, 6.07) is 15.9. The third-order valence-corrected chi connectivity index (χ3v) is 6.64. The number of benzene rings is 2. The van der Waals surface area contributed by atoms with E-state index in [1.165, 1.54) is 9.21 Å².